The van der Waals surface area contributed by atoms with Gasteiger partial charge in [0.05, 0.1) is 11.4 Å². The number of aromatic nitrogens is 3. The van der Waals surface area contributed by atoms with E-state index in [1.807, 2.05) is 66.9 Å². The number of carbonyl (C=O) groups excluding carboxylic acids is 1. The third-order valence-corrected chi connectivity index (χ3v) is 4.87. The predicted octanol–water partition coefficient (Wildman–Crippen LogP) is 4.07. The first-order valence-electron chi connectivity index (χ1n) is 8.10. The van der Waals surface area contributed by atoms with E-state index in [4.69, 9.17) is 5.73 Å². The van der Waals surface area contributed by atoms with E-state index >= 15 is 0 Å². The Balaban J connectivity index is 1.78. The third kappa shape index (κ3) is 3.02. The summed E-state index contributed by atoms with van der Waals surface area (Å²) in [5.74, 6) is -0.535. The molecule has 2 aromatic carbocycles. The van der Waals surface area contributed by atoms with Gasteiger partial charge in [0.2, 0.25) is 5.13 Å². The zero-order chi connectivity index (χ0) is 18.1. The topological polar surface area (TPSA) is 73.8 Å². The average Bonchev–Trinajstić information content (AvgIpc) is 3.30. The fourth-order valence-corrected chi connectivity index (χ4v) is 3.47. The normalized spacial score (nSPS) is 10.8. The van der Waals surface area contributed by atoms with Gasteiger partial charge in [-0.2, -0.15) is 9.78 Å². The highest BCUT2D eigenvalue weighted by atomic mass is 32.1. The van der Waals surface area contributed by atoms with Crippen LogP contribution in [0, 0.1) is 6.92 Å². The summed E-state index contributed by atoms with van der Waals surface area (Å²) in [5.41, 5.74) is 10.5. The van der Waals surface area contributed by atoms with Crippen molar-refractivity contribution < 1.29 is 4.79 Å². The van der Waals surface area contributed by atoms with Crippen LogP contribution in [0.5, 0.6) is 0 Å². The Morgan fingerprint density at radius 1 is 1.00 bits per heavy atom. The monoisotopic (exact) mass is 360 g/mol. The van der Waals surface area contributed by atoms with Crippen molar-refractivity contribution in [1.29, 1.82) is 0 Å². The second kappa shape index (κ2) is 6.57. The molecule has 128 valence electrons. The molecule has 4 rings (SSSR count). The van der Waals surface area contributed by atoms with Crippen LogP contribution in [0.1, 0.15) is 16.1 Å². The Bertz CT molecular complexity index is 1060. The molecule has 0 aliphatic rings. The zero-order valence-electron chi connectivity index (χ0n) is 14.1. The van der Waals surface area contributed by atoms with E-state index in [0.717, 1.165) is 22.4 Å². The van der Waals surface area contributed by atoms with E-state index in [-0.39, 0.29) is 0 Å². The molecule has 5 nitrogen and oxygen atoms in total. The Morgan fingerprint density at radius 3 is 2.38 bits per heavy atom. The van der Waals surface area contributed by atoms with Crippen molar-refractivity contribution in [2.75, 3.05) is 0 Å². The van der Waals surface area contributed by atoms with Gasteiger partial charge in [0.1, 0.15) is 5.69 Å². The molecule has 6 heteroatoms. The molecule has 0 aliphatic heterocycles. The van der Waals surface area contributed by atoms with E-state index < -0.39 is 5.91 Å². The van der Waals surface area contributed by atoms with E-state index in [1.54, 1.807) is 6.07 Å². The quantitative estimate of drug-likeness (QED) is 0.596. The van der Waals surface area contributed by atoms with Gasteiger partial charge >= 0.3 is 0 Å². The summed E-state index contributed by atoms with van der Waals surface area (Å²) in [6.45, 7) is 2.03. The Kier molecular flexibility index (Phi) is 4.10. The number of rotatable bonds is 4. The minimum Gasteiger partial charge on any atom is -0.364 e. The lowest BCUT2D eigenvalue weighted by molar-refractivity contribution is 0.0993. The van der Waals surface area contributed by atoms with Gasteiger partial charge in [0, 0.05) is 16.5 Å². The Morgan fingerprint density at radius 2 is 1.69 bits per heavy atom. The maximum absolute atomic E-state index is 11.9. The summed E-state index contributed by atoms with van der Waals surface area (Å²) in [6.07, 6.45) is 0. The SMILES string of the molecule is Cc1ccc(-c2cc(C(N)=O)n(-c3nc(-c4ccccc4)cs3)n2)cc1. The summed E-state index contributed by atoms with van der Waals surface area (Å²) < 4.78 is 1.52. The minimum atomic E-state index is -0.535. The van der Waals surface area contributed by atoms with Gasteiger partial charge < -0.3 is 5.73 Å². The van der Waals surface area contributed by atoms with Crippen LogP contribution in [0.15, 0.2) is 66.0 Å². The van der Waals surface area contributed by atoms with E-state index in [0.29, 0.717) is 16.5 Å². The second-order valence-electron chi connectivity index (χ2n) is 5.94. The number of amides is 1. The molecule has 0 unspecified atom stereocenters. The molecule has 2 heterocycles. The van der Waals surface area contributed by atoms with E-state index in [9.17, 15) is 4.79 Å². The van der Waals surface area contributed by atoms with E-state index in [1.165, 1.54) is 16.0 Å². The first kappa shape index (κ1) is 16.2. The predicted molar refractivity (Wildman–Crippen MR) is 103 cm³/mol. The fourth-order valence-electron chi connectivity index (χ4n) is 2.67. The first-order chi connectivity index (χ1) is 12.6. The molecule has 1 amide bonds. The Hall–Kier alpha value is -3.25. The number of nitrogens with zero attached hydrogens (tertiary/aromatic N) is 3. The lowest BCUT2D eigenvalue weighted by Crippen LogP contribution is -2.16. The highest BCUT2D eigenvalue weighted by molar-refractivity contribution is 7.12. The smallest absolute Gasteiger partial charge is 0.267 e. The van der Waals surface area contributed by atoms with Crippen LogP contribution >= 0.6 is 11.3 Å². The standard InChI is InChI=1S/C20H16N4OS/c1-13-7-9-15(10-8-13)16-11-18(19(21)25)24(23-16)20-22-17(12-26-20)14-5-3-2-4-6-14/h2-12H,1H3,(H2,21,25). The molecule has 0 saturated carbocycles. The molecular weight excluding hydrogens is 344 g/mol. The van der Waals surface area contributed by atoms with Crippen LogP contribution in [-0.4, -0.2) is 20.7 Å². The van der Waals surface area contributed by atoms with Gasteiger partial charge in [-0.15, -0.1) is 11.3 Å². The number of nitrogens with two attached hydrogens (primary N) is 1. The second-order valence-corrected chi connectivity index (χ2v) is 6.77. The van der Waals surface area contributed by atoms with Crippen molar-refractivity contribution in [1.82, 2.24) is 14.8 Å². The largest absolute Gasteiger partial charge is 0.364 e. The number of thiazole rings is 1. The molecule has 2 N–H and O–H groups in total. The lowest BCUT2D eigenvalue weighted by atomic mass is 10.1. The highest BCUT2D eigenvalue weighted by Gasteiger charge is 2.18. The van der Waals surface area contributed by atoms with Crippen molar-refractivity contribution in [3.05, 3.63) is 77.3 Å². The van der Waals surface area contributed by atoms with Gasteiger partial charge in [-0.3, -0.25) is 4.79 Å². The zero-order valence-corrected chi connectivity index (χ0v) is 14.9. The molecule has 2 aromatic heterocycles. The molecule has 0 fully saturated rings. The number of carbonyl (C=O) groups is 1. The number of primary amides is 1. The molecule has 0 spiro atoms. The van der Waals surface area contributed by atoms with Crippen LogP contribution in [0.25, 0.3) is 27.6 Å². The highest BCUT2D eigenvalue weighted by Crippen LogP contribution is 2.27. The minimum absolute atomic E-state index is 0.314. The van der Waals surface area contributed by atoms with Gasteiger partial charge in [-0.25, -0.2) is 4.98 Å². The van der Waals surface area contributed by atoms with Crippen LogP contribution in [-0.2, 0) is 0 Å². The van der Waals surface area contributed by atoms with Crippen molar-refractivity contribution >= 4 is 17.2 Å². The summed E-state index contributed by atoms with van der Waals surface area (Å²) in [4.78, 5) is 16.5. The summed E-state index contributed by atoms with van der Waals surface area (Å²) >= 11 is 1.42. The first-order valence-corrected chi connectivity index (χ1v) is 8.98. The number of benzene rings is 2. The number of aryl methyl sites for hydroxylation is 1. The fraction of sp³-hybridized carbons (Fsp3) is 0.0500. The molecule has 0 aliphatic carbocycles. The maximum Gasteiger partial charge on any atom is 0.267 e. The van der Waals surface area contributed by atoms with Crippen molar-refractivity contribution in [3.63, 3.8) is 0 Å². The van der Waals surface area contributed by atoms with E-state index in [2.05, 4.69) is 10.1 Å². The van der Waals surface area contributed by atoms with Crippen LogP contribution in [0.3, 0.4) is 0 Å². The van der Waals surface area contributed by atoms with Crippen molar-refractivity contribution in [2.24, 2.45) is 5.73 Å². The molecular formula is C20H16N4OS. The maximum atomic E-state index is 11.9. The summed E-state index contributed by atoms with van der Waals surface area (Å²) in [6, 6.07) is 19.6. The molecule has 0 bridgehead atoms. The lowest BCUT2D eigenvalue weighted by Gasteiger charge is -2.00. The summed E-state index contributed by atoms with van der Waals surface area (Å²) in [7, 11) is 0. The van der Waals surface area contributed by atoms with Gasteiger partial charge in [0.15, 0.2) is 0 Å². The molecule has 4 aromatic rings. The van der Waals surface area contributed by atoms with Crippen molar-refractivity contribution in [3.8, 4) is 27.6 Å². The molecule has 26 heavy (non-hydrogen) atoms. The van der Waals surface area contributed by atoms with Crippen molar-refractivity contribution in [2.45, 2.75) is 6.92 Å². The van der Waals surface area contributed by atoms with Gasteiger partial charge in [-0.05, 0) is 13.0 Å². The van der Waals surface area contributed by atoms with Gasteiger partial charge in [-0.1, -0.05) is 60.2 Å². The Labute approximate surface area is 154 Å². The average molecular weight is 360 g/mol. The number of hydrogen-bond donors (Lipinski definition) is 1. The van der Waals surface area contributed by atoms with Gasteiger partial charge in [0.25, 0.3) is 5.91 Å². The third-order valence-electron chi connectivity index (χ3n) is 4.05. The molecule has 0 atom stereocenters. The molecule has 0 radical (unpaired) electrons. The van der Waals surface area contributed by atoms with Crippen LogP contribution in [0.2, 0.25) is 0 Å². The van der Waals surface area contributed by atoms with Crippen LogP contribution in [0.4, 0.5) is 0 Å². The molecule has 0 saturated heterocycles. The van der Waals surface area contributed by atoms with Crippen LogP contribution < -0.4 is 5.73 Å². The summed E-state index contributed by atoms with van der Waals surface area (Å²) in [5, 5.41) is 7.13. The number of hydrogen-bond acceptors (Lipinski definition) is 4.